The average Bonchev–Trinajstić information content (AvgIpc) is 2.46. The summed E-state index contributed by atoms with van der Waals surface area (Å²) in [5, 5.41) is 0.128. The van der Waals surface area contributed by atoms with E-state index in [1.807, 2.05) is 30.3 Å². The van der Waals surface area contributed by atoms with E-state index < -0.39 is 5.25 Å². The SMILES string of the molecule is NNC(=O)C(Sc1ncccc1N)c1ccccc1. The summed E-state index contributed by atoms with van der Waals surface area (Å²) in [5.41, 5.74) is 9.40. The maximum Gasteiger partial charge on any atom is 0.251 e. The zero-order chi connectivity index (χ0) is 13.7. The minimum absolute atomic E-state index is 0.291. The summed E-state index contributed by atoms with van der Waals surface area (Å²) in [4.78, 5) is 16.1. The normalized spacial score (nSPS) is 11.8. The van der Waals surface area contributed by atoms with Crippen molar-refractivity contribution in [2.75, 3.05) is 5.73 Å². The van der Waals surface area contributed by atoms with Gasteiger partial charge in [-0.25, -0.2) is 10.8 Å². The molecule has 0 fully saturated rings. The highest BCUT2D eigenvalue weighted by molar-refractivity contribution is 8.00. The molecule has 1 unspecified atom stereocenters. The lowest BCUT2D eigenvalue weighted by Crippen LogP contribution is -2.33. The summed E-state index contributed by atoms with van der Waals surface area (Å²) in [6.45, 7) is 0. The Morgan fingerprint density at radius 2 is 1.95 bits per heavy atom. The molecule has 0 aliphatic rings. The highest BCUT2D eigenvalue weighted by Gasteiger charge is 2.22. The number of nitrogens with one attached hydrogen (secondary N) is 1. The molecule has 1 amide bonds. The number of nitrogen functional groups attached to an aromatic ring is 1. The number of hydrazine groups is 1. The quantitative estimate of drug-likeness (QED) is 0.340. The summed E-state index contributed by atoms with van der Waals surface area (Å²) < 4.78 is 0. The number of anilines is 1. The highest BCUT2D eigenvalue weighted by Crippen LogP contribution is 2.36. The molecule has 5 nitrogen and oxygen atoms in total. The molecule has 1 aromatic heterocycles. The molecule has 2 aromatic rings. The van der Waals surface area contributed by atoms with Crippen molar-refractivity contribution in [1.82, 2.24) is 10.4 Å². The number of nitrogens with two attached hydrogens (primary N) is 2. The molecule has 1 atom stereocenters. The molecular formula is C13H14N4OS. The molecule has 0 aliphatic carbocycles. The topological polar surface area (TPSA) is 94.0 Å². The van der Waals surface area contributed by atoms with Crippen LogP contribution < -0.4 is 17.0 Å². The lowest BCUT2D eigenvalue weighted by Gasteiger charge is -2.15. The highest BCUT2D eigenvalue weighted by atomic mass is 32.2. The third-order valence-corrected chi connectivity index (χ3v) is 3.80. The van der Waals surface area contributed by atoms with Crippen LogP contribution in [0.15, 0.2) is 53.7 Å². The molecule has 2 rings (SSSR count). The van der Waals surface area contributed by atoms with Gasteiger partial charge in [-0.15, -0.1) is 0 Å². The van der Waals surface area contributed by atoms with Gasteiger partial charge in [0.2, 0.25) is 0 Å². The van der Waals surface area contributed by atoms with Crippen LogP contribution in [0.2, 0.25) is 0 Å². The van der Waals surface area contributed by atoms with E-state index in [4.69, 9.17) is 11.6 Å². The molecule has 0 bridgehead atoms. The maximum absolute atomic E-state index is 11.9. The Bertz CT molecular complexity index is 562. The Morgan fingerprint density at radius 3 is 2.58 bits per heavy atom. The second-order valence-electron chi connectivity index (χ2n) is 3.81. The predicted molar refractivity (Wildman–Crippen MR) is 76.0 cm³/mol. The second kappa shape index (κ2) is 6.21. The number of carbonyl (C=O) groups is 1. The first kappa shape index (κ1) is 13.4. The van der Waals surface area contributed by atoms with Gasteiger partial charge in [-0.05, 0) is 17.7 Å². The molecule has 0 spiro atoms. The van der Waals surface area contributed by atoms with Crippen molar-refractivity contribution in [3.8, 4) is 0 Å². The molecule has 1 aromatic carbocycles. The number of thioether (sulfide) groups is 1. The van der Waals surface area contributed by atoms with Crippen molar-refractivity contribution < 1.29 is 4.79 Å². The standard InChI is InChI=1S/C13H14N4OS/c14-10-7-4-8-16-13(10)19-11(12(18)17-15)9-5-2-1-3-6-9/h1-8,11H,14-15H2,(H,17,18). The third kappa shape index (κ3) is 3.24. The van der Waals surface area contributed by atoms with Crippen LogP contribution in [0.4, 0.5) is 5.69 Å². The lowest BCUT2D eigenvalue weighted by molar-refractivity contribution is -0.120. The first-order valence-electron chi connectivity index (χ1n) is 5.65. The number of hydrogen-bond acceptors (Lipinski definition) is 5. The van der Waals surface area contributed by atoms with Crippen LogP contribution in [0.25, 0.3) is 0 Å². The van der Waals surface area contributed by atoms with Crippen LogP contribution in [0.3, 0.4) is 0 Å². The predicted octanol–water partition coefficient (Wildman–Crippen LogP) is 1.49. The molecule has 98 valence electrons. The molecule has 19 heavy (non-hydrogen) atoms. The number of benzene rings is 1. The first-order chi connectivity index (χ1) is 9.22. The number of pyridine rings is 1. The largest absolute Gasteiger partial charge is 0.397 e. The minimum Gasteiger partial charge on any atom is -0.397 e. The Morgan fingerprint density at radius 1 is 1.21 bits per heavy atom. The summed E-state index contributed by atoms with van der Waals surface area (Å²) in [5.74, 6) is 4.95. The number of nitrogens with zero attached hydrogens (tertiary/aromatic N) is 1. The Kier molecular flexibility index (Phi) is 4.38. The molecule has 1 heterocycles. The van der Waals surface area contributed by atoms with Crippen molar-refractivity contribution in [3.05, 3.63) is 54.2 Å². The van der Waals surface area contributed by atoms with Crippen LogP contribution in [-0.2, 0) is 4.79 Å². The fraction of sp³-hybridized carbons (Fsp3) is 0.0769. The monoisotopic (exact) mass is 274 g/mol. The van der Waals surface area contributed by atoms with Gasteiger partial charge >= 0.3 is 0 Å². The van der Waals surface area contributed by atoms with Gasteiger partial charge in [-0.3, -0.25) is 10.2 Å². The van der Waals surface area contributed by atoms with Crippen molar-refractivity contribution in [2.24, 2.45) is 5.84 Å². The van der Waals surface area contributed by atoms with Crippen LogP contribution in [-0.4, -0.2) is 10.9 Å². The Labute approximate surface area is 115 Å². The van der Waals surface area contributed by atoms with E-state index in [0.717, 1.165) is 5.56 Å². The summed E-state index contributed by atoms with van der Waals surface area (Å²) in [6.07, 6.45) is 1.64. The molecule has 5 N–H and O–H groups in total. The minimum atomic E-state index is -0.483. The summed E-state index contributed by atoms with van der Waals surface area (Å²) in [7, 11) is 0. The average molecular weight is 274 g/mol. The van der Waals surface area contributed by atoms with E-state index in [-0.39, 0.29) is 5.91 Å². The van der Waals surface area contributed by atoms with E-state index >= 15 is 0 Å². The lowest BCUT2D eigenvalue weighted by atomic mass is 10.1. The van der Waals surface area contributed by atoms with Gasteiger partial charge in [0.15, 0.2) is 0 Å². The Balaban J connectivity index is 2.30. The van der Waals surface area contributed by atoms with Gasteiger partial charge < -0.3 is 5.73 Å². The molecule has 0 saturated carbocycles. The Hall–Kier alpha value is -2.05. The van der Waals surface area contributed by atoms with Crippen molar-refractivity contribution in [3.63, 3.8) is 0 Å². The first-order valence-corrected chi connectivity index (χ1v) is 6.53. The third-order valence-electron chi connectivity index (χ3n) is 2.51. The zero-order valence-corrected chi connectivity index (χ0v) is 10.9. The van der Waals surface area contributed by atoms with Gasteiger partial charge in [-0.1, -0.05) is 42.1 Å². The van der Waals surface area contributed by atoms with E-state index in [0.29, 0.717) is 10.7 Å². The van der Waals surface area contributed by atoms with E-state index in [9.17, 15) is 4.79 Å². The van der Waals surface area contributed by atoms with Crippen molar-refractivity contribution in [2.45, 2.75) is 10.3 Å². The van der Waals surface area contributed by atoms with Gasteiger partial charge in [-0.2, -0.15) is 0 Å². The van der Waals surface area contributed by atoms with Crippen LogP contribution >= 0.6 is 11.8 Å². The van der Waals surface area contributed by atoms with Gasteiger partial charge in [0.25, 0.3) is 5.91 Å². The fourth-order valence-electron chi connectivity index (χ4n) is 1.59. The molecule has 0 saturated heterocycles. The van der Waals surface area contributed by atoms with Gasteiger partial charge in [0, 0.05) is 6.20 Å². The van der Waals surface area contributed by atoms with Crippen LogP contribution in [0.1, 0.15) is 10.8 Å². The number of hydrogen-bond donors (Lipinski definition) is 3. The molecule has 0 aliphatic heterocycles. The summed E-state index contributed by atoms with van der Waals surface area (Å²) >= 11 is 1.27. The van der Waals surface area contributed by atoms with Crippen molar-refractivity contribution >= 4 is 23.4 Å². The molecular weight excluding hydrogens is 260 g/mol. The van der Waals surface area contributed by atoms with Crippen molar-refractivity contribution in [1.29, 1.82) is 0 Å². The van der Waals surface area contributed by atoms with E-state index in [1.165, 1.54) is 11.8 Å². The molecule has 0 radical (unpaired) electrons. The van der Waals surface area contributed by atoms with Crippen LogP contribution in [0, 0.1) is 0 Å². The van der Waals surface area contributed by atoms with Gasteiger partial charge in [0.05, 0.1) is 5.69 Å². The summed E-state index contributed by atoms with van der Waals surface area (Å²) in [6, 6.07) is 12.9. The smallest absolute Gasteiger partial charge is 0.251 e. The number of aromatic nitrogens is 1. The zero-order valence-electron chi connectivity index (χ0n) is 10.1. The number of amides is 1. The number of rotatable bonds is 4. The van der Waals surface area contributed by atoms with E-state index in [2.05, 4.69) is 10.4 Å². The van der Waals surface area contributed by atoms with Gasteiger partial charge in [0.1, 0.15) is 10.3 Å². The maximum atomic E-state index is 11.9. The fourth-order valence-corrected chi connectivity index (χ4v) is 2.61. The second-order valence-corrected chi connectivity index (χ2v) is 4.91. The number of carbonyl (C=O) groups excluding carboxylic acids is 1. The van der Waals surface area contributed by atoms with E-state index in [1.54, 1.807) is 18.3 Å². The van der Waals surface area contributed by atoms with Crippen LogP contribution in [0.5, 0.6) is 0 Å². The molecule has 6 heteroatoms.